The van der Waals surface area contributed by atoms with Crippen LogP contribution in [-0.4, -0.2) is 10.9 Å². The molecule has 3 aromatic rings. The quantitative estimate of drug-likeness (QED) is 0.517. The van der Waals surface area contributed by atoms with Crippen LogP contribution in [0.1, 0.15) is 11.3 Å². The first-order chi connectivity index (χ1) is 12.1. The van der Waals surface area contributed by atoms with Crippen LogP contribution in [0.15, 0.2) is 62.7 Å². The van der Waals surface area contributed by atoms with E-state index in [1.165, 1.54) is 29.0 Å². The summed E-state index contributed by atoms with van der Waals surface area (Å²) in [7, 11) is 0. The summed E-state index contributed by atoms with van der Waals surface area (Å²) < 4.78 is 15.1. The zero-order valence-electron chi connectivity index (χ0n) is 13.0. The van der Waals surface area contributed by atoms with E-state index in [9.17, 15) is 9.18 Å². The van der Waals surface area contributed by atoms with Gasteiger partial charge in [0.05, 0.1) is 12.1 Å². The van der Waals surface area contributed by atoms with Gasteiger partial charge in [0, 0.05) is 21.3 Å². The van der Waals surface area contributed by atoms with Crippen LogP contribution in [0.25, 0.3) is 0 Å². The lowest BCUT2D eigenvalue weighted by Crippen LogP contribution is -2.14. The van der Waals surface area contributed by atoms with E-state index >= 15 is 0 Å². The van der Waals surface area contributed by atoms with Gasteiger partial charge in [0.1, 0.15) is 10.2 Å². The number of hydrogen-bond acceptors (Lipinski definition) is 4. The number of aromatic nitrogens is 1. The predicted molar refractivity (Wildman–Crippen MR) is 105 cm³/mol. The minimum absolute atomic E-state index is 0.172. The van der Waals surface area contributed by atoms with Gasteiger partial charge in [-0.1, -0.05) is 45.9 Å². The number of nitrogens with zero attached hydrogens (tertiary/aromatic N) is 1. The third kappa shape index (κ3) is 5.66. The molecule has 0 radical (unpaired) electrons. The number of carbonyl (C=O) groups is 1. The average Bonchev–Trinajstić information content (AvgIpc) is 3.01. The monoisotopic (exact) mass is 436 g/mol. The van der Waals surface area contributed by atoms with Crippen LogP contribution in [0, 0.1) is 5.82 Å². The molecule has 1 amide bonds. The molecular weight excluding hydrogens is 423 g/mol. The van der Waals surface area contributed by atoms with Gasteiger partial charge in [-0.3, -0.25) is 4.79 Å². The first kappa shape index (κ1) is 18.1. The Morgan fingerprint density at radius 2 is 2.04 bits per heavy atom. The lowest BCUT2D eigenvalue weighted by molar-refractivity contribution is -0.115. The SMILES string of the molecule is O=C(Cc1csc(SCc2ccc(Br)cc2)n1)Nc1cccc(F)c1. The van der Waals surface area contributed by atoms with Crippen LogP contribution in [0.4, 0.5) is 10.1 Å². The first-order valence-electron chi connectivity index (χ1n) is 7.45. The van der Waals surface area contributed by atoms with Crippen LogP contribution < -0.4 is 5.32 Å². The van der Waals surface area contributed by atoms with Gasteiger partial charge in [0.15, 0.2) is 0 Å². The highest BCUT2D eigenvalue weighted by atomic mass is 79.9. The molecule has 0 bridgehead atoms. The molecule has 128 valence electrons. The molecule has 0 spiro atoms. The highest BCUT2D eigenvalue weighted by Crippen LogP contribution is 2.27. The van der Waals surface area contributed by atoms with Crippen molar-refractivity contribution >= 4 is 50.6 Å². The molecule has 0 saturated carbocycles. The number of anilines is 1. The summed E-state index contributed by atoms with van der Waals surface area (Å²) >= 11 is 6.59. The highest BCUT2D eigenvalue weighted by molar-refractivity contribution is 9.10. The summed E-state index contributed by atoms with van der Waals surface area (Å²) in [6.45, 7) is 0. The van der Waals surface area contributed by atoms with Crippen LogP contribution >= 0.6 is 39.0 Å². The Kier molecular flexibility index (Phi) is 6.23. The van der Waals surface area contributed by atoms with Crippen molar-refractivity contribution in [3.63, 3.8) is 0 Å². The maximum absolute atomic E-state index is 13.1. The molecule has 0 aliphatic carbocycles. The molecule has 0 unspecified atom stereocenters. The molecule has 1 aromatic heterocycles. The molecule has 1 heterocycles. The highest BCUT2D eigenvalue weighted by Gasteiger charge is 2.09. The van der Waals surface area contributed by atoms with E-state index in [4.69, 9.17) is 0 Å². The zero-order chi connectivity index (χ0) is 17.6. The summed E-state index contributed by atoms with van der Waals surface area (Å²) in [5.74, 6) is 0.244. The van der Waals surface area contributed by atoms with Crippen LogP contribution in [0.3, 0.4) is 0 Å². The van der Waals surface area contributed by atoms with Gasteiger partial charge < -0.3 is 5.32 Å². The van der Waals surface area contributed by atoms with Crippen LogP contribution in [0.2, 0.25) is 0 Å². The number of thiazole rings is 1. The summed E-state index contributed by atoms with van der Waals surface area (Å²) in [5, 5.41) is 4.56. The lowest BCUT2D eigenvalue weighted by atomic mass is 10.2. The van der Waals surface area contributed by atoms with Gasteiger partial charge in [0.25, 0.3) is 0 Å². The van der Waals surface area contributed by atoms with Crippen molar-refractivity contribution in [1.29, 1.82) is 0 Å². The maximum Gasteiger partial charge on any atom is 0.230 e. The Morgan fingerprint density at radius 1 is 1.24 bits per heavy atom. The fraction of sp³-hybridized carbons (Fsp3) is 0.111. The number of benzene rings is 2. The van der Waals surface area contributed by atoms with Gasteiger partial charge in [0.2, 0.25) is 5.91 Å². The van der Waals surface area contributed by atoms with E-state index < -0.39 is 0 Å². The smallest absolute Gasteiger partial charge is 0.230 e. The van der Waals surface area contributed by atoms with Crippen LogP contribution in [0.5, 0.6) is 0 Å². The van der Waals surface area contributed by atoms with E-state index in [1.807, 2.05) is 17.5 Å². The van der Waals surface area contributed by atoms with Crippen molar-refractivity contribution in [2.45, 2.75) is 16.5 Å². The minimum Gasteiger partial charge on any atom is -0.326 e. The predicted octanol–water partition coefficient (Wildman–Crippen LogP) is 5.52. The van der Waals surface area contributed by atoms with Crippen molar-refractivity contribution in [2.24, 2.45) is 0 Å². The molecule has 0 atom stereocenters. The molecule has 0 fully saturated rings. The Hall–Kier alpha value is -1.70. The molecule has 1 N–H and O–H groups in total. The van der Waals surface area contributed by atoms with Gasteiger partial charge in [-0.2, -0.15) is 0 Å². The van der Waals surface area contributed by atoms with E-state index in [0.29, 0.717) is 5.69 Å². The van der Waals surface area contributed by atoms with E-state index in [1.54, 1.807) is 23.9 Å². The van der Waals surface area contributed by atoms with E-state index in [0.717, 1.165) is 20.3 Å². The topological polar surface area (TPSA) is 42.0 Å². The van der Waals surface area contributed by atoms with Crippen molar-refractivity contribution in [2.75, 3.05) is 5.32 Å². The summed E-state index contributed by atoms with van der Waals surface area (Å²) in [6, 6.07) is 14.0. The molecular formula is C18H14BrFN2OS2. The van der Waals surface area contributed by atoms with Crippen molar-refractivity contribution in [3.05, 3.63) is 75.5 Å². The molecule has 0 saturated heterocycles. The fourth-order valence-corrected chi connectivity index (χ4v) is 4.16. The summed E-state index contributed by atoms with van der Waals surface area (Å²) in [6.07, 6.45) is 0.172. The molecule has 3 rings (SSSR count). The molecule has 0 aliphatic heterocycles. The Labute approximate surface area is 161 Å². The molecule has 7 heteroatoms. The normalized spacial score (nSPS) is 10.6. The second-order valence-corrected chi connectivity index (χ2v) is 8.25. The number of amides is 1. The Morgan fingerprint density at radius 3 is 2.80 bits per heavy atom. The summed E-state index contributed by atoms with van der Waals surface area (Å²) in [4.78, 5) is 16.5. The molecule has 0 aliphatic rings. The number of thioether (sulfide) groups is 1. The van der Waals surface area contributed by atoms with Crippen molar-refractivity contribution in [3.8, 4) is 0 Å². The number of carbonyl (C=O) groups excluding carboxylic acids is 1. The number of nitrogens with one attached hydrogen (secondary N) is 1. The Bertz CT molecular complexity index is 868. The number of hydrogen-bond donors (Lipinski definition) is 1. The zero-order valence-corrected chi connectivity index (χ0v) is 16.3. The van der Waals surface area contributed by atoms with Gasteiger partial charge in [-0.25, -0.2) is 9.37 Å². The first-order valence-corrected chi connectivity index (χ1v) is 10.1. The number of halogens is 2. The maximum atomic E-state index is 13.1. The third-order valence-electron chi connectivity index (χ3n) is 3.26. The summed E-state index contributed by atoms with van der Waals surface area (Å²) in [5.41, 5.74) is 2.39. The fourth-order valence-electron chi connectivity index (χ4n) is 2.10. The standard InChI is InChI=1S/C18H14BrFN2OS2/c19-13-6-4-12(5-7-13)10-24-18-22-16(11-25-18)9-17(23)21-15-3-1-2-14(20)8-15/h1-8,11H,9-10H2,(H,21,23). The molecule has 3 nitrogen and oxygen atoms in total. The Balaban J connectivity index is 1.52. The molecule has 25 heavy (non-hydrogen) atoms. The van der Waals surface area contributed by atoms with Gasteiger partial charge in [-0.05, 0) is 35.9 Å². The average molecular weight is 437 g/mol. The van der Waals surface area contributed by atoms with E-state index in [2.05, 4.69) is 38.4 Å². The van der Waals surface area contributed by atoms with Crippen LogP contribution in [-0.2, 0) is 17.0 Å². The van der Waals surface area contributed by atoms with Crippen molar-refractivity contribution in [1.82, 2.24) is 4.98 Å². The second-order valence-electron chi connectivity index (χ2n) is 5.26. The van der Waals surface area contributed by atoms with Gasteiger partial charge in [-0.15, -0.1) is 11.3 Å². The molecule has 2 aromatic carbocycles. The minimum atomic E-state index is -0.377. The van der Waals surface area contributed by atoms with E-state index in [-0.39, 0.29) is 18.1 Å². The second kappa shape index (κ2) is 8.60. The third-order valence-corrected chi connectivity index (χ3v) is 5.93. The largest absolute Gasteiger partial charge is 0.326 e. The van der Waals surface area contributed by atoms with Gasteiger partial charge >= 0.3 is 0 Å². The lowest BCUT2D eigenvalue weighted by Gasteiger charge is -2.03. The van der Waals surface area contributed by atoms with Crippen molar-refractivity contribution < 1.29 is 9.18 Å². The number of rotatable bonds is 6.